The van der Waals surface area contributed by atoms with E-state index in [0.29, 0.717) is 5.82 Å². The van der Waals surface area contributed by atoms with E-state index in [1.54, 1.807) is 6.92 Å². The Labute approximate surface area is 107 Å². The molecule has 1 heterocycles. The van der Waals surface area contributed by atoms with E-state index >= 15 is 0 Å². The second kappa shape index (κ2) is 6.18. The molecule has 0 bridgehead atoms. The van der Waals surface area contributed by atoms with Crippen molar-refractivity contribution < 1.29 is 4.79 Å². The Kier molecular flexibility index (Phi) is 4.88. The second-order valence-corrected chi connectivity index (χ2v) is 4.23. The minimum atomic E-state index is -0.460. The van der Waals surface area contributed by atoms with Gasteiger partial charge in [-0.25, -0.2) is 9.97 Å². The van der Waals surface area contributed by atoms with Crippen molar-refractivity contribution in [2.75, 3.05) is 17.7 Å². The Morgan fingerprint density at radius 3 is 2.50 bits per heavy atom. The minimum Gasteiger partial charge on any atom is -0.373 e. The lowest BCUT2D eigenvalue weighted by molar-refractivity contribution is -0.118. The van der Waals surface area contributed by atoms with Crippen LogP contribution in [0.2, 0.25) is 0 Å². The van der Waals surface area contributed by atoms with Crippen LogP contribution in [0.5, 0.6) is 0 Å². The van der Waals surface area contributed by atoms with Crippen molar-refractivity contribution in [1.82, 2.24) is 9.97 Å². The molecule has 1 rings (SSSR count). The predicted molar refractivity (Wildman–Crippen MR) is 72.6 cm³/mol. The molecule has 0 aromatic carbocycles. The number of amides is 1. The van der Waals surface area contributed by atoms with Crippen LogP contribution >= 0.6 is 0 Å². The third-order valence-electron chi connectivity index (χ3n) is 2.68. The molecule has 0 aliphatic rings. The monoisotopic (exact) mass is 251 g/mol. The molecule has 100 valence electrons. The molecule has 1 unspecified atom stereocenters. The van der Waals surface area contributed by atoms with Crippen molar-refractivity contribution in [2.45, 2.75) is 39.7 Å². The number of anilines is 2. The van der Waals surface area contributed by atoms with E-state index in [-0.39, 0.29) is 0 Å². The van der Waals surface area contributed by atoms with Gasteiger partial charge in [0.2, 0.25) is 5.91 Å². The lowest BCUT2D eigenvalue weighted by Gasteiger charge is -2.16. The molecular formula is C12H21N5O. The Hall–Kier alpha value is -1.85. The third-order valence-corrected chi connectivity index (χ3v) is 2.68. The zero-order valence-corrected chi connectivity index (χ0v) is 11.4. The molecule has 0 fully saturated rings. The van der Waals surface area contributed by atoms with Gasteiger partial charge in [0, 0.05) is 19.0 Å². The summed E-state index contributed by atoms with van der Waals surface area (Å²) in [6.45, 7) is 5.68. The number of aromatic nitrogens is 2. The summed E-state index contributed by atoms with van der Waals surface area (Å²) in [4.78, 5) is 19.9. The van der Waals surface area contributed by atoms with Crippen molar-refractivity contribution >= 4 is 17.5 Å². The molecule has 18 heavy (non-hydrogen) atoms. The van der Waals surface area contributed by atoms with E-state index in [1.165, 1.54) is 0 Å². The van der Waals surface area contributed by atoms with E-state index in [4.69, 9.17) is 5.73 Å². The molecule has 6 nitrogen and oxygen atoms in total. The summed E-state index contributed by atoms with van der Waals surface area (Å²) in [5.74, 6) is 1.78. The van der Waals surface area contributed by atoms with Crippen molar-refractivity contribution in [1.29, 1.82) is 0 Å². The topological polar surface area (TPSA) is 92.9 Å². The zero-order chi connectivity index (χ0) is 13.7. The number of carbonyl (C=O) groups is 1. The van der Waals surface area contributed by atoms with Gasteiger partial charge in [-0.05, 0) is 20.3 Å². The van der Waals surface area contributed by atoms with E-state index in [9.17, 15) is 4.79 Å². The molecule has 1 amide bonds. The van der Waals surface area contributed by atoms with Crippen LogP contribution in [0.15, 0.2) is 0 Å². The fourth-order valence-electron chi connectivity index (χ4n) is 1.56. The van der Waals surface area contributed by atoms with Crippen LogP contribution in [-0.4, -0.2) is 29.0 Å². The van der Waals surface area contributed by atoms with Gasteiger partial charge in [0.25, 0.3) is 0 Å². The van der Waals surface area contributed by atoms with Gasteiger partial charge in [-0.15, -0.1) is 0 Å². The number of aryl methyl sites for hydroxylation is 1. The molecule has 0 spiro atoms. The number of primary amides is 1. The van der Waals surface area contributed by atoms with E-state index in [2.05, 4.69) is 27.5 Å². The van der Waals surface area contributed by atoms with Gasteiger partial charge in [0.05, 0.1) is 0 Å². The first-order chi connectivity index (χ1) is 8.49. The molecular weight excluding hydrogens is 230 g/mol. The number of hydrogen-bond acceptors (Lipinski definition) is 5. The highest BCUT2D eigenvalue weighted by molar-refractivity contribution is 5.82. The van der Waals surface area contributed by atoms with Gasteiger partial charge in [0.15, 0.2) is 0 Å². The molecule has 1 aromatic heterocycles. The number of rotatable bonds is 6. The number of nitrogens with zero attached hydrogens (tertiary/aromatic N) is 2. The highest BCUT2D eigenvalue weighted by Gasteiger charge is 2.14. The van der Waals surface area contributed by atoms with Crippen LogP contribution < -0.4 is 16.4 Å². The molecule has 6 heteroatoms. The van der Waals surface area contributed by atoms with Crippen LogP contribution in [0.3, 0.4) is 0 Å². The summed E-state index contributed by atoms with van der Waals surface area (Å²) >= 11 is 0. The van der Waals surface area contributed by atoms with Crippen LogP contribution in [0, 0.1) is 6.92 Å². The maximum atomic E-state index is 11.1. The second-order valence-electron chi connectivity index (χ2n) is 4.23. The van der Waals surface area contributed by atoms with Crippen LogP contribution in [0.1, 0.15) is 31.7 Å². The van der Waals surface area contributed by atoms with E-state index < -0.39 is 11.9 Å². The van der Waals surface area contributed by atoms with Gasteiger partial charge in [0.1, 0.15) is 23.5 Å². The van der Waals surface area contributed by atoms with Crippen molar-refractivity contribution in [3.8, 4) is 0 Å². The van der Waals surface area contributed by atoms with Crippen LogP contribution in [-0.2, 0) is 11.2 Å². The van der Waals surface area contributed by atoms with Crippen LogP contribution in [0.4, 0.5) is 11.6 Å². The average molecular weight is 251 g/mol. The van der Waals surface area contributed by atoms with Crippen LogP contribution in [0.25, 0.3) is 0 Å². The molecule has 0 aliphatic carbocycles. The lowest BCUT2D eigenvalue weighted by atomic mass is 10.2. The number of nitrogens with two attached hydrogens (primary N) is 1. The SMILES string of the molecule is CCCc1nc(NC)c(C)c(NC(C)C(N)=O)n1. The largest absolute Gasteiger partial charge is 0.373 e. The smallest absolute Gasteiger partial charge is 0.239 e. The molecule has 0 saturated carbocycles. The first kappa shape index (κ1) is 14.2. The number of nitrogens with one attached hydrogen (secondary N) is 2. The summed E-state index contributed by atoms with van der Waals surface area (Å²) in [7, 11) is 1.81. The fraction of sp³-hybridized carbons (Fsp3) is 0.583. The standard InChI is InChI=1S/C12H21N5O/c1-5-6-9-16-11(14-4)7(2)12(17-9)15-8(3)10(13)18/h8H,5-6H2,1-4H3,(H2,13,18)(H2,14,15,16,17). The quantitative estimate of drug-likeness (QED) is 0.703. The maximum Gasteiger partial charge on any atom is 0.239 e. The van der Waals surface area contributed by atoms with E-state index in [0.717, 1.165) is 30.0 Å². The third kappa shape index (κ3) is 3.32. The first-order valence-electron chi connectivity index (χ1n) is 6.10. The Bertz CT molecular complexity index is 433. The van der Waals surface area contributed by atoms with E-state index in [1.807, 2.05) is 14.0 Å². The molecule has 4 N–H and O–H groups in total. The Morgan fingerprint density at radius 1 is 1.39 bits per heavy atom. The molecule has 0 aliphatic heterocycles. The molecule has 1 aromatic rings. The number of hydrogen-bond donors (Lipinski definition) is 3. The fourth-order valence-corrected chi connectivity index (χ4v) is 1.56. The summed E-state index contributed by atoms with van der Waals surface area (Å²) < 4.78 is 0. The van der Waals surface area contributed by atoms with Gasteiger partial charge in [-0.2, -0.15) is 0 Å². The zero-order valence-electron chi connectivity index (χ0n) is 11.4. The number of carbonyl (C=O) groups excluding carboxylic acids is 1. The normalized spacial score (nSPS) is 12.0. The van der Waals surface area contributed by atoms with Crippen molar-refractivity contribution in [2.24, 2.45) is 5.73 Å². The Morgan fingerprint density at radius 2 is 2.00 bits per heavy atom. The highest BCUT2D eigenvalue weighted by Crippen LogP contribution is 2.20. The van der Waals surface area contributed by atoms with Crippen molar-refractivity contribution in [3.05, 3.63) is 11.4 Å². The lowest BCUT2D eigenvalue weighted by Crippen LogP contribution is -2.33. The van der Waals surface area contributed by atoms with Gasteiger partial charge in [-0.1, -0.05) is 6.92 Å². The summed E-state index contributed by atoms with van der Waals surface area (Å²) in [5, 5.41) is 6.05. The average Bonchev–Trinajstić information content (AvgIpc) is 2.33. The summed E-state index contributed by atoms with van der Waals surface area (Å²) in [6, 6.07) is -0.460. The van der Waals surface area contributed by atoms with Crippen molar-refractivity contribution in [3.63, 3.8) is 0 Å². The highest BCUT2D eigenvalue weighted by atomic mass is 16.1. The van der Waals surface area contributed by atoms with Gasteiger partial charge in [-0.3, -0.25) is 4.79 Å². The molecule has 0 saturated heterocycles. The maximum absolute atomic E-state index is 11.1. The molecule has 1 atom stereocenters. The summed E-state index contributed by atoms with van der Waals surface area (Å²) in [5.41, 5.74) is 6.12. The summed E-state index contributed by atoms with van der Waals surface area (Å²) in [6.07, 6.45) is 1.77. The minimum absolute atomic E-state index is 0.406. The predicted octanol–water partition coefficient (Wildman–Crippen LogP) is 1.06. The first-order valence-corrected chi connectivity index (χ1v) is 6.10. The van der Waals surface area contributed by atoms with Gasteiger partial charge < -0.3 is 16.4 Å². The molecule has 0 radical (unpaired) electrons. The van der Waals surface area contributed by atoms with Gasteiger partial charge >= 0.3 is 0 Å². The Balaban J connectivity index is 3.08.